The third-order valence-electron chi connectivity index (χ3n) is 5.64. The molecule has 196 valence electrons. The molecular formula is C24H20F6N4O3. The fourth-order valence-corrected chi connectivity index (χ4v) is 3.82. The Morgan fingerprint density at radius 3 is 2.14 bits per heavy atom. The molecule has 0 aliphatic carbocycles. The summed E-state index contributed by atoms with van der Waals surface area (Å²) in [7, 11) is 1.37. The lowest BCUT2D eigenvalue weighted by Crippen LogP contribution is -2.39. The summed E-state index contributed by atoms with van der Waals surface area (Å²) in [6.45, 7) is 1.65. The Morgan fingerprint density at radius 1 is 0.892 bits per heavy atom. The van der Waals surface area contributed by atoms with E-state index in [9.17, 15) is 35.9 Å². The smallest absolute Gasteiger partial charge is 0.416 e. The lowest BCUT2D eigenvalue weighted by atomic mass is 10.1. The molecule has 0 aliphatic heterocycles. The van der Waals surface area contributed by atoms with Gasteiger partial charge in [0, 0.05) is 13.6 Å². The number of imidazole rings is 1. The van der Waals surface area contributed by atoms with Gasteiger partial charge in [-0.3, -0.25) is 18.5 Å². The normalized spacial score (nSPS) is 12.3. The largest absolute Gasteiger partial charge is 0.425 e. The van der Waals surface area contributed by atoms with Crippen LogP contribution in [0.1, 0.15) is 30.0 Å². The minimum atomic E-state index is -4.64. The molecule has 0 saturated heterocycles. The lowest BCUT2D eigenvalue weighted by molar-refractivity contribution is -0.138. The molecule has 13 heteroatoms. The molecule has 2 aromatic carbocycles. The van der Waals surface area contributed by atoms with Crippen LogP contribution in [0.3, 0.4) is 0 Å². The molecule has 4 rings (SSSR count). The van der Waals surface area contributed by atoms with E-state index in [1.165, 1.54) is 29.8 Å². The van der Waals surface area contributed by atoms with Gasteiger partial charge < -0.3 is 4.74 Å². The number of ether oxygens (including phenoxy) is 1. The Hall–Kier alpha value is -4.03. The van der Waals surface area contributed by atoms with Gasteiger partial charge in [-0.05, 0) is 42.3 Å². The zero-order valence-electron chi connectivity index (χ0n) is 19.5. The maximum absolute atomic E-state index is 13.3. The van der Waals surface area contributed by atoms with E-state index in [-0.39, 0.29) is 36.0 Å². The standard InChI is InChI=1S/C24H20F6N4O3/c1-3-11-33-20(35)18-19(32(2)22(33)36)31-21(37-17-6-4-5-16(12-17)24(28,29)30)34(18)13-14-7-9-15(10-8-14)23(25,26)27/h4-10,12H,3,11,13H2,1-2H3. The van der Waals surface area contributed by atoms with Gasteiger partial charge >= 0.3 is 24.1 Å². The molecule has 2 aromatic heterocycles. The van der Waals surface area contributed by atoms with Crippen LogP contribution in [0.15, 0.2) is 58.1 Å². The number of aryl methyl sites for hydroxylation is 1. The molecule has 0 saturated carbocycles. The van der Waals surface area contributed by atoms with Crippen molar-refractivity contribution in [2.75, 3.05) is 0 Å². The molecule has 4 aromatic rings. The number of rotatable bonds is 6. The molecule has 0 aliphatic rings. The number of nitrogens with zero attached hydrogens (tertiary/aromatic N) is 4. The molecule has 0 atom stereocenters. The van der Waals surface area contributed by atoms with Crippen molar-refractivity contribution < 1.29 is 31.1 Å². The highest BCUT2D eigenvalue weighted by atomic mass is 19.4. The summed E-state index contributed by atoms with van der Waals surface area (Å²) in [6.07, 6.45) is -8.73. The van der Waals surface area contributed by atoms with E-state index in [4.69, 9.17) is 4.74 Å². The summed E-state index contributed by atoms with van der Waals surface area (Å²) in [5, 5.41) is 0. The zero-order valence-corrected chi connectivity index (χ0v) is 19.5. The van der Waals surface area contributed by atoms with Crippen molar-refractivity contribution in [2.45, 2.75) is 38.8 Å². The number of fused-ring (bicyclic) bond motifs is 1. The zero-order chi connectivity index (χ0) is 27.1. The quantitative estimate of drug-likeness (QED) is 0.325. The van der Waals surface area contributed by atoms with Gasteiger partial charge in [-0.1, -0.05) is 25.1 Å². The Labute approximate surface area is 205 Å². The van der Waals surface area contributed by atoms with Crippen molar-refractivity contribution >= 4 is 11.2 Å². The van der Waals surface area contributed by atoms with Gasteiger partial charge in [0.05, 0.1) is 17.7 Å². The highest BCUT2D eigenvalue weighted by molar-refractivity contribution is 5.72. The van der Waals surface area contributed by atoms with E-state index in [0.717, 1.165) is 39.5 Å². The van der Waals surface area contributed by atoms with Crippen LogP contribution < -0.4 is 16.0 Å². The summed E-state index contributed by atoms with van der Waals surface area (Å²) >= 11 is 0. The van der Waals surface area contributed by atoms with Crippen LogP contribution in [0, 0.1) is 0 Å². The van der Waals surface area contributed by atoms with Crippen LogP contribution in [0.4, 0.5) is 26.3 Å². The van der Waals surface area contributed by atoms with E-state index < -0.39 is 34.7 Å². The average molecular weight is 526 g/mol. The topological polar surface area (TPSA) is 71.1 Å². The van der Waals surface area contributed by atoms with Crippen LogP contribution in [0.25, 0.3) is 11.2 Å². The van der Waals surface area contributed by atoms with Crippen molar-refractivity contribution in [2.24, 2.45) is 7.05 Å². The number of alkyl halides is 6. The SMILES string of the molecule is CCCn1c(=O)c2c(nc(Oc3cccc(C(F)(F)F)c3)n2Cc2ccc(C(F)(F)F)cc2)n(C)c1=O. The van der Waals surface area contributed by atoms with Crippen LogP contribution in [-0.2, 0) is 32.5 Å². The minimum absolute atomic E-state index is 0.0857. The van der Waals surface area contributed by atoms with E-state index >= 15 is 0 Å². The van der Waals surface area contributed by atoms with Gasteiger partial charge in [0.25, 0.3) is 5.56 Å². The van der Waals surface area contributed by atoms with Crippen molar-refractivity contribution in [3.63, 3.8) is 0 Å². The Balaban J connectivity index is 1.90. The maximum Gasteiger partial charge on any atom is 0.416 e. The van der Waals surface area contributed by atoms with Crippen molar-refractivity contribution in [3.8, 4) is 11.8 Å². The Morgan fingerprint density at radius 2 is 1.54 bits per heavy atom. The van der Waals surface area contributed by atoms with E-state index in [0.29, 0.717) is 12.0 Å². The highest BCUT2D eigenvalue weighted by Gasteiger charge is 2.31. The van der Waals surface area contributed by atoms with E-state index in [1.54, 1.807) is 6.92 Å². The van der Waals surface area contributed by atoms with Crippen LogP contribution in [0.2, 0.25) is 0 Å². The Kier molecular flexibility index (Phi) is 6.65. The fourth-order valence-electron chi connectivity index (χ4n) is 3.82. The second kappa shape index (κ2) is 9.45. The van der Waals surface area contributed by atoms with Gasteiger partial charge in [-0.25, -0.2) is 4.79 Å². The van der Waals surface area contributed by atoms with Gasteiger partial charge in [0.15, 0.2) is 11.2 Å². The molecule has 7 nitrogen and oxygen atoms in total. The lowest BCUT2D eigenvalue weighted by Gasteiger charge is -2.13. The number of aromatic nitrogens is 4. The number of halogens is 6. The molecule has 0 N–H and O–H groups in total. The van der Waals surface area contributed by atoms with Crippen LogP contribution in [-0.4, -0.2) is 18.7 Å². The number of benzene rings is 2. The first-order valence-electron chi connectivity index (χ1n) is 11.0. The average Bonchev–Trinajstić information content (AvgIpc) is 3.18. The van der Waals surface area contributed by atoms with Gasteiger partial charge in [0.1, 0.15) is 5.75 Å². The number of hydrogen-bond donors (Lipinski definition) is 0. The summed E-state index contributed by atoms with van der Waals surface area (Å²) in [4.78, 5) is 30.2. The summed E-state index contributed by atoms with van der Waals surface area (Å²) < 4.78 is 87.5. The molecule has 0 unspecified atom stereocenters. The second-order valence-electron chi connectivity index (χ2n) is 8.27. The highest BCUT2D eigenvalue weighted by Crippen LogP contribution is 2.33. The molecule has 0 fully saturated rings. The van der Waals surface area contributed by atoms with Crippen molar-refractivity contribution in [1.29, 1.82) is 0 Å². The first-order valence-corrected chi connectivity index (χ1v) is 11.0. The fraction of sp³-hybridized carbons (Fsp3) is 0.292. The molecule has 37 heavy (non-hydrogen) atoms. The number of hydrogen-bond acceptors (Lipinski definition) is 4. The molecule has 0 amide bonds. The summed E-state index contributed by atoms with van der Waals surface area (Å²) in [5.74, 6) is -0.238. The van der Waals surface area contributed by atoms with Crippen LogP contribution in [0.5, 0.6) is 11.8 Å². The molecule has 0 spiro atoms. The second-order valence-corrected chi connectivity index (χ2v) is 8.27. The van der Waals surface area contributed by atoms with Gasteiger partial charge in [0.2, 0.25) is 0 Å². The van der Waals surface area contributed by atoms with E-state index in [1.807, 2.05) is 0 Å². The first-order chi connectivity index (χ1) is 17.3. The third kappa shape index (κ3) is 5.11. The Bertz CT molecular complexity index is 1560. The first kappa shape index (κ1) is 26.0. The van der Waals surface area contributed by atoms with Gasteiger partial charge in [-0.15, -0.1) is 0 Å². The predicted octanol–water partition coefficient (Wildman–Crippen LogP) is 5.18. The molecule has 2 heterocycles. The predicted molar refractivity (Wildman–Crippen MR) is 122 cm³/mol. The van der Waals surface area contributed by atoms with Crippen molar-refractivity contribution in [1.82, 2.24) is 18.7 Å². The minimum Gasteiger partial charge on any atom is -0.425 e. The molecular weight excluding hydrogens is 506 g/mol. The third-order valence-corrected chi connectivity index (χ3v) is 5.64. The molecule has 0 radical (unpaired) electrons. The van der Waals surface area contributed by atoms with Crippen LogP contribution >= 0.6 is 0 Å². The monoisotopic (exact) mass is 526 g/mol. The molecule has 0 bridgehead atoms. The summed E-state index contributed by atoms with van der Waals surface area (Å²) in [6, 6.07) is 7.82. The van der Waals surface area contributed by atoms with E-state index in [2.05, 4.69) is 4.98 Å². The summed E-state index contributed by atoms with van der Waals surface area (Å²) in [5.41, 5.74) is -3.06. The maximum atomic E-state index is 13.3. The van der Waals surface area contributed by atoms with Crippen molar-refractivity contribution in [3.05, 3.63) is 86.1 Å². The van der Waals surface area contributed by atoms with Gasteiger partial charge in [-0.2, -0.15) is 31.3 Å².